The Morgan fingerprint density at radius 3 is 2.32 bits per heavy atom. The standard InChI is InChI=1S/C24H29NO3/c1-4-13-22(28-19-20-14-9-7-10-15-20)23(21-16-11-8-12-17-21)25(18-5-2)24(26)27-6-3/h4-5,7-17,22-23H,2,6,18-19H2,1,3H3/b13-4-/t22-,23-/m1/s1. The molecule has 1 amide bonds. The molecular weight excluding hydrogens is 350 g/mol. The molecule has 2 aromatic carbocycles. The van der Waals surface area contributed by atoms with Gasteiger partial charge in [-0.3, -0.25) is 4.90 Å². The molecule has 0 aliphatic rings. The van der Waals surface area contributed by atoms with Gasteiger partial charge in [-0.05, 0) is 25.0 Å². The molecule has 2 aromatic rings. The summed E-state index contributed by atoms with van der Waals surface area (Å²) < 4.78 is 11.6. The molecule has 0 aromatic heterocycles. The Balaban J connectivity index is 2.37. The molecule has 0 aliphatic heterocycles. The Hall–Kier alpha value is -2.85. The predicted molar refractivity (Wildman–Crippen MR) is 113 cm³/mol. The molecule has 4 heteroatoms. The number of amides is 1. The summed E-state index contributed by atoms with van der Waals surface area (Å²) in [7, 11) is 0. The second-order valence-corrected chi connectivity index (χ2v) is 6.28. The second-order valence-electron chi connectivity index (χ2n) is 6.28. The van der Waals surface area contributed by atoms with E-state index in [9.17, 15) is 4.79 Å². The topological polar surface area (TPSA) is 38.8 Å². The van der Waals surface area contributed by atoms with Crippen LogP contribution in [0.1, 0.15) is 31.0 Å². The molecule has 0 radical (unpaired) electrons. The molecule has 0 aliphatic carbocycles. The van der Waals surface area contributed by atoms with Crippen LogP contribution in [0, 0.1) is 0 Å². The van der Waals surface area contributed by atoms with E-state index in [1.165, 1.54) is 0 Å². The molecule has 2 rings (SSSR count). The minimum Gasteiger partial charge on any atom is -0.450 e. The molecule has 4 nitrogen and oxygen atoms in total. The third-order valence-electron chi connectivity index (χ3n) is 4.28. The van der Waals surface area contributed by atoms with Gasteiger partial charge in [-0.1, -0.05) is 78.9 Å². The molecule has 0 N–H and O–H groups in total. The van der Waals surface area contributed by atoms with Crippen molar-refractivity contribution < 1.29 is 14.3 Å². The van der Waals surface area contributed by atoms with Gasteiger partial charge in [0.1, 0.15) is 6.10 Å². The average Bonchev–Trinajstić information content (AvgIpc) is 2.73. The number of rotatable bonds is 10. The van der Waals surface area contributed by atoms with Gasteiger partial charge < -0.3 is 9.47 Å². The molecule has 148 valence electrons. The van der Waals surface area contributed by atoms with E-state index < -0.39 is 0 Å². The fourth-order valence-corrected chi connectivity index (χ4v) is 3.05. The zero-order chi connectivity index (χ0) is 20.2. The molecule has 0 fully saturated rings. The second kappa shape index (κ2) is 11.8. The largest absolute Gasteiger partial charge is 0.450 e. The van der Waals surface area contributed by atoms with E-state index in [-0.39, 0.29) is 18.2 Å². The lowest BCUT2D eigenvalue weighted by Crippen LogP contribution is -2.41. The van der Waals surface area contributed by atoms with Crippen LogP contribution in [-0.4, -0.2) is 30.2 Å². The molecule has 28 heavy (non-hydrogen) atoms. The van der Waals surface area contributed by atoms with Crippen molar-refractivity contribution in [3.63, 3.8) is 0 Å². The number of hydrogen-bond donors (Lipinski definition) is 0. The summed E-state index contributed by atoms with van der Waals surface area (Å²) in [5.74, 6) is 0. The zero-order valence-electron chi connectivity index (χ0n) is 16.7. The van der Waals surface area contributed by atoms with Gasteiger partial charge in [0.2, 0.25) is 0 Å². The maximum Gasteiger partial charge on any atom is 0.410 e. The van der Waals surface area contributed by atoms with Crippen LogP contribution in [-0.2, 0) is 16.1 Å². The van der Waals surface area contributed by atoms with Gasteiger partial charge >= 0.3 is 6.09 Å². The number of ether oxygens (including phenoxy) is 2. The van der Waals surface area contributed by atoms with Crippen LogP contribution < -0.4 is 0 Å². The maximum absolute atomic E-state index is 12.7. The van der Waals surface area contributed by atoms with Gasteiger partial charge in [0, 0.05) is 6.54 Å². The highest BCUT2D eigenvalue weighted by Gasteiger charge is 2.32. The highest BCUT2D eigenvalue weighted by Crippen LogP contribution is 2.29. The summed E-state index contributed by atoms with van der Waals surface area (Å²) in [4.78, 5) is 14.4. The van der Waals surface area contributed by atoms with Crippen molar-refractivity contribution in [3.8, 4) is 0 Å². The van der Waals surface area contributed by atoms with E-state index >= 15 is 0 Å². The lowest BCUT2D eigenvalue weighted by atomic mass is 9.99. The number of benzene rings is 2. The Morgan fingerprint density at radius 2 is 1.75 bits per heavy atom. The first-order valence-electron chi connectivity index (χ1n) is 9.58. The fraction of sp³-hybridized carbons (Fsp3) is 0.292. The molecule has 0 spiro atoms. The van der Waals surface area contributed by atoms with E-state index in [0.29, 0.717) is 19.8 Å². The van der Waals surface area contributed by atoms with Crippen molar-refractivity contribution >= 4 is 6.09 Å². The molecule has 0 saturated carbocycles. The highest BCUT2D eigenvalue weighted by atomic mass is 16.6. The number of allylic oxidation sites excluding steroid dienone is 1. The average molecular weight is 380 g/mol. The Morgan fingerprint density at radius 1 is 1.11 bits per heavy atom. The van der Waals surface area contributed by atoms with E-state index in [4.69, 9.17) is 9.47 Å². The maximum atomic E-state index is 12.7. The molecule has 0 unspecified atom stereocenters. The van der Waals surface area contributed by atoms with Crippen LogP contribution >= 0.6 is 0 Å². The third kappa shape index (κ3) is 6.10. The van der Waals surface area contributed by atoms with Crippen LogP contribution in [0.5, 0.6) is 0 Å². The SMILES string of the molecule is C=CCN(C(=O)OCC)[C@H](c1ccccc1)[C@@H](/C=C\C)OCc1ccccc1. The van der Waals surface area contributed by atoms with E-state index in [1.54, 1.807) is 17.9 Å². The smallest absolute Gasteiger partial charge is 0.410 e. The van der Waals surface area contributed by atoms with Gasteiger partial charge in [0.15, 0.2) is 0 Å². The van der Waals surface area contributed by atoms with E-state index in [2.05, 4.69) is 6.58 Å². The number of hydrogen-bond acceptors (Lipinski definition) is 3. The Labute approximate surface area is 168 Å². The van der Waals surface area contributed by atoms with Crippen molar-refractivity contribution in [1.82, 2.24) is 4.90 Å². The molecule has 0 saturated heterocycles. The summed E-state index contributed by atoms with van der Waals surface area (Å²) in [5, 5.41) is 0. The van der Waals surface area contributed by atoms with Gasteiger partial charge in [0.25, 0.3) is 0 Å². The van der Waals surface area contributed by atoms with Crippen molar-refractivity contribution in [3.05, 3.63) is 96.6 Å². The normalized spacial score (nSPS) is 13.1. The third-order valence-corrected chi connectivity index (χ3v) is 4.28. The van der Waals surface area contributed by atoms with Crippen molar-refractivity contribution in [1.29, 1.82) is 0 Å². The predicted octanol–water partition coefficient (Wildman–Crippen LogP) is 5.53. The van der Waals surface area contributed by atoms with Crippen LogP contribution in [0.15, 0.2) is 85.5 Å². The van der Waals surface area contributed by atoms with Crippen molar-refractivity contribution in [2.24, 2.45) is 0 Å². The minimum atomic E-state index is -0.380. The monoisotopic (exact) mass is 379 g/mol. The molecule has 0 heterocycles. The van der Waals surface area contributed by atoms with Gasteiger partial charge in [-0.25, -0.2) is 4.79 Å². The van der Waals surface area contributed by atoms with Crippen molar-refractivity contribution in [2.75, 3.05) is 13.2 Å². The Kier molecular flexibility index (Phi) is 9.02. The number of carbonyl (C=O) groups is 1. The molecule has 0 bridgehead atoms. The highest BCUT2D eigenvalue weighted by molar-refractivity contribution is 5.68. The number of carbonyl (C=O) groups excluding carboxylic acids is 1. The zero-order valence-corrected chi connectivity index (χ0v) is 16.7. The van der Waals surface area contributed by atoms with Crippen molar-refractivity contribution in [2.45, 2.75) is 32.6 Å². The summed E-state index contributed by atoms with van der Waals surface area (Å²) in [5.41, 5.74) is 2.06. The minimum absolute atomic E-state index is 0.313. The summed E-state index contributed by atoms with van der Waals surface area (Å²) >= 11 is 0. The first kappa shape index (κ1) is 21.5. The fourth-order valence-electron chi connectivity index (χ4n) is 3.05. The van der Waals surface area contributed by atoms with E-state index in [1.807, 2.05) is 79.7 Å². The number of nitrogens with zero attached hydrogens (tertiary/aromatic N) is 1. The first-order chi connectivity index (χ1) is 13.7. The Bertz CT molecular complexity index is 743. The first-order valence-corrected chi connectivity index (χ1v) is 9.58. The summed E-state index contributed by atoms with van der Waals surface area (Å²) in [6.07, 6.45) is 4.92. The lowest BCUT2D eigenvalue weighted by Gasteiger charge is -2.35. The lowest BCUT2D eigenvalue weighted by molar-refractivity contribution is 0.00346. The van der Waals surface area contributed by atoms with Crippen LogP contribution in [0.2, 0.25) is 0 Å². The summed E-state index contributed by atoms with van der Waals surface area (Å²) in [6.45, 7) is 8.68. The van der Waals surface area contributed by atoms with E-state index in [0.717, 1.165) is 11.1 Å². The van der Waals surface area contributed by atoms with Crippen LogP contribution in [0.4, 0.5) is 4.79 Å². The quantitative estimate of drug-likeness (QED) is 0.509. The van der Waals surface area contributed by atoms with Gasteiger partial charge in [-0.2, -0.15) is 0 Å². The van der Waals surface area contributed by atoms with Gasteiger partial charge in [-0.15, -0.1) is 6.58 Å². The van der Waals surface area contributed by atoms with Gasteiger partial charge in [0.05, 0.1) is 19.3 Å². The van der Waals surface area contributed by atoms with Crippen LogP contribution in [0.3, 0.4) is 0 Å². The summed E-state index contributed by atoms with van der Waals surface area (Å²) in [6, 6.07) is 19.6. The molecule has 2 atom stereocenters. The molecular formula is C24H29NO3. The van der Waals surface area contributed by atoms with Crippen LogP contribution in [0.25, 0.3) is 0 Å².